The fourth-order valence-electron chi connectivity index (χ4n) is 0.715. The van der Waals surface area contributed by atoms with E-state index in [0.29, 0.717) is 4.90 Å². The molecule has 16 heavy (non-hydrogen) atoms. The summed E-state index contributed by atoms with van der Waals surface area (Å²) < 4.78 is 20.7. The van der Waals surface area contributed by atoms with Crippen molar-refractivity contribution in [2.75, 3.05) is 0 Å². The summed E-state index contributed by atoms with van der Waals surface area (Å²) in [6, 6.07) is 6.50. The van der Waals surface area contributed by atoms with Crippen LogP contribution in [0, 0.1) is 0 Å². The van der Waals surface area contributed by atoms with Crippen LogP contribution in [0.4, 0.5) is 0 Å². The molecule has 0 aliphatic carbocycles. The number of carboxylic acids is 1. The molecule has 0 aromatic heterocycles. The largest absolute Gasteiger partial charge is 1.00 e. The van der Waals surface area contributed by atoms with E-state index in [1.54, 1.807) is 30.3 Å². The molecule has 0 aliphatic rings. The van der Waals surface area contributed by atoms with Crippen LogP contribution in [-0.2, 0) is 15.9 Å². The van der Waals surface area contributed by atoms with Gasteiger partial charge in [-0.1, -0.05) is 24.8 Å². The maximum absolute atomic E-state index is 10.4. The van der Waals surface area contributed by atoms with E-state index in [4.69, 9.17) is 9.90 Å². The molecule has 82 valence electrons. The van der Waals surface area contributed by atoms with Crippen molar-refractivity contribution >= 4 is 23.1 Å². The van der Waals surface area contributed by atoms with Crippen molar-refractivity contribution in [3.05, 3.63) is 36.4 Å². The van der Waals surface area contributed by atoms with Gasteiger partial charge < -0.3 is 9.66 Å². The van der Waals surface area contributed by atoms with E-state index < -0.39 is 17.0 Å². The number of carboxylic acid groups (broad SMARTS) is 1. The Morgan fingerprint density at radius 1 is 1.44 bits per heavy atom. The minimum absolute atomic E-state index is 0. The summed E-state index contributed by atoms with van der Waals surface area (Å²) in [6.07, 6.45) is 1.66. The first-order chi connectivity index (χ1) is 6.97. The molecule has 0 bridgehead atoms. The fourth-order valence-corrected chi connectivity index (χ4v) is 1.07. The number of hydrogen-bond acceptors (Lipinski definition) is 3. The zero-order valence-corrected chi connectivity index (χ0v) is 12.0. The van der Waals surface area contributed by atoms with Gasteiger partial charge in [0.05, 0.1) is 0 Å². The summed E-state index contributed by atoms with van der Waals surface area (Å²) in [4.78, 5) is 9.30. The van der Waals surface area contributed by atoms with Crippen molar-refractivity contribution in [1.29, 1.82) is 0 Å². The van der Waals surface area contributed by atoms with Crippen LogP contribution in [0.15, 0.2) is 35.7 Å². The SMILES string of the molecule is C=Cc1ccc(S(=O)[O-])cc1.CC(=O)O.[Na+]. The second-order valence-corrected chi connectivity index (χ2v) is 3.47. The molecule has 1 aromatic carbocycles. The van der Waals surface area contributed by atoms with Crippen molar-refractivity contribution in [2.24, 2.45) is 0 Å². The van der Waals surface area contributed by atoms with Crippen molar-refractivity contribution < 1.29 is 48.2 Å². The zero-order chi connectivity index (χ0) is 11.8. The molecule has 6 heteroatoms. The third kappa shape index (κ3) is 8.82. The van der Waals surface area contributed by atoms with Crippen molar-refractivity contribution in [2.45, 2.75) is 11.8 Å². The molecule has 1 unspecified atom stereocenters. The predicted molar refractivity (Wildman–Crippen MR) is 57.0 cm³/mol. The van der Waals surface area contributed by atoms with Gasteiger partial charge in [0.2, 0.25) is 0 Å². The first-order valence-corrected chi connectivity index (χ1v) is 5.06. The molecular formula is C10H11NaO4S. The van der Waals surface area contributed by atoms with Gasteiger partial charge in [-0.15, -0.1) is 0 Å². The quantitative estimate of drug-likeness (QED) is 0.521. The second kappa shape index (κ2) is 9.74. The van der Waals surface area contributed by atoms with Crippen LogP contribution in [0.5, 0.6) is 0 Å². The van der Waals surface area contributed by atoms with Gasteiger partial charge in [0.1, 0.15) is 0 Å². The first-order valence-electron chi connectivity index (χ1n) is 3.98. The molecule has 1 N–H and O–H groups in total. The Balaban J connectivity index is 0. The summed E-state index contributed by atoms with van der Waals surface area (Å²) in [7, 11) is 0. The van der Waals surface area contributed by atoms with Gasteiger partial charge in [-0.3, -0.25) is 9.00 Å². The Bertz CT molecular complexity index is 358. The van der Waals surface area contributed by atoms with Gasteiger partial charge in [-0.25, -0.2) is 0 Å². The standard InChI is InChI=1S/C8H8O2S.C2H4O2.Na/c1-2-7-3-5-8(6-4-7)11(9)10;1-2(3)4;/h2-6H,1H2,(H,9,10);1H3,(H,3,4);/q;;+1/p-1. The smallest absolute Gasteiger partial charge is 0.768 e. The minimum Gasteiger partial charge on any atom is -0.768 e. The van der Waals surface area contributed by atoms with E-state index in [-0.39, 0.29) is 29.6 Å². The van der Waals surface area contributed by atoms with Crippen LogP contribution < -0.4 is 29.6 Å². The third-order valence-electron chi connectivity index (χ3n) is 1.31. The third-order valence-corrected chi connectivity index (χ3v) is 1.97. The van der Waals surface area contributed by atoms with E-state index >= 15 is 0 Å². The Kier molecular flexibility index (Phi) is 10.9. The maximum Gasteiger partial charge on any atom is 1.00 e. The van der Waals surface area contributed by atoms with Crippen molar-refractivity contribution in [1.82, 2.24) is 0 Å². The molecule has 4 nitrogen and oxygen atoms in total. The van der Waals surface area contributed by atoms with E-state index in [9.17, 15) is 8.76 Å². The van der Waals surface area contributed by atoms with Gasteiger partial charge in [0, 0.05) is 11.8 Å². The molecule has 0 heterocycles. The van der Waals surface area contributed by atoms with E-state index in [2.05, 4.69) is 6.58 Å². The molecule has 0 aliphatic heterocycles. The van der Waals surface area contributed by atoms with Crippen LogP contribution in [0.25, 0.3) is 6.08 Å². The van der Waals surface area contributed by atoms with Crippen LogP contribution in [-0.4, -0.2) is 19.8 Å². The van der Waals surface area contributed by atoms with Gasteiger partial charge >= 0.3 is 29.6 Å². The van der Waals surface area contributed by atoms with Crippen LogP contribution in [0.3, 0.4) is 0 Å². The molecule has 0 amide bonds. The predicted octanol–water partition coefficient (Wildman–Crippen LogP) is -1.34. The number of aliphatic carboxylic acids is 1. The summed E-state index contributed by atoms with van der Waals surface area (Å²) >= 11 is -2.12. The molecule has 0 saturated heterocycles. The average Bonchev–Trinajstić information content (AvgIpc) is 2.17. The Morgan fingerprint density at radius 2 is 1.81 bits per heavy atom. The van der Waals surface area contributed by atoms with E-state index in [1.807, 2.05) is 0 Å². The van der Waals surface area contributed by atoms with Gasteiger partial charge in [0.25, 0.3) is 5.97 Å². The Hall–Kier alpha value is -0.460. The summed E-state index contributed by atoms with van der Waals surface area (Å²) in [6.45, 7) is 4.63. The van der Waals surface area contributed by atoms with Gasteiger partial charge in [-0.05, 0) is 28.8 Å². The molecule has 0 saturated carbocycles. The Labute approximate surface area is 119 Å². The minimum atomic E-state index is -2.12. The fraction of sp³-hybridized carbons (Fsp3) is 0.100. The second-order valence-electron chi connectivity index (χ2n) is 2.53. The first kappa shape index (κ1) is 17.9. The Morgan fingerprint density at radius 3 is 2.06 bits per heavy atom. The molecule has 0 fully saturated rings. The number of carbonyl (C=O) groups is 1. The maximum atomic E-state index is 10.4. The summed E-state index contributed by atoms with van der Waals surface area (Å²) in [5.74, 6) is -0.833. The van der Waals surface area contributed by atoms with Crippen molar-refractivity contribution in [3.8, 4) is 0 Å². The van der Waals surface area contributed by atoms with Crippen LogP contribution in [0.2, 0.25) is 0 Å². The zero-order valence-electron chi connectivity index (χ0n) is 9.17. The molecular weight excluding hydrogens is 239 g/mol. The monoisotopic (exact) mass is 250 g/mol. The number of rotatable bonds is 2. The normalized spacial score (nSPS) is 10.1. The topological polar surface area (TPSA) is 77.4 Å². The summed E-state index contributed by atoms with van der Waals surface area (Å²) in [5.41, 5.74) is 0.916. The van der Waals surface area contributed by atoms with E-state index in [0.717, 1.165) is 12.5 Å². The van der Waals surface area contributed by atoms with Crippen molar-refractivity contribution in [3.63, 3.8) is 0 Å². The number of benzene rings is 1. The molecule has 1 rings (SSSR count). The molecule has 1 atom stereocenters. The summed E-state index contributed by atoms with van der Waals surface area (Å²) in [5, 5.41) is 7.42. The molecule has 1 aromatic rings. The average molecular weight is 250 g/mol. The van der Waals surface area contributed by atoms with Crippen LogP contribution in [0.1, 0.15) is 12.5 Å². The molecule has 0 radical (unpaired) electrons. The number of hydrogen-bond donors (Lipinski definition) is 1. The van der Waals surface area contributed by atoms with Crippen LogP contribution >= 0.6 is 0 Å². The molecule has 0 spiro atoms. The van der Waals surface area contributed by atoms with Gasteiger partial charge in [-0.2, -0.15) is 0 Å². The van der Waals surface area contributed by atoms with Gasteiger partial charge in [0.15, 0.2) is 0 Å². The van der Waals surface area contributed by atoms with E-state index in [1.165, 1.54) is 0 Å².